The Kier molecular flexibility index (Phi) is 4.18. The van der Waals surface area contributed by atoms with Gasteiger partial charge in [-0.15, -0.1) is 0 Å². The van der Waals surface area contributed by atoms with Gasteiger partial charge < -0.3 is 14.8 Å². The molecule has 2 N–H and O–H groups in total. The summed E-state index contributed by atoms with van der Waals surface area (Å²) in [5.41, 5.74) is 0.831. The van der Waals surface area contributed by atoms with Gasteiger partial charge in [-0.3, -0.25) is 9.48 Å². The van der Waals surface area contributed by atoms with Crippen molar-refractivity contribution < 1.29 is 14.3 Å². The molecule has 2 aromatic heterocycles. The van der Waals surface area contributed by atoms with E-state index < -0.39 is 5.60 Å². The van der Waals surface area contributed by atoms with Gasteiger partial charge in [-0.1, -0.05) is 12.1 Å². The van der Waals surface area contributed by atoms with Crippen LogP contribution in [0.1, 0.15) is 18.4 Å². The summed E-state index contributed by atoms with van der Waals surface area (Å²) in [6, 6.07) is 7.37. The lowest BCUT2D eigenvalue weighted by Gasteiger charge is -2.21. The number of benzene rings is 1. The summed E-state index contributed by atoms with van der Waals surface area (Å²) in [7, 11) is 1.77. The highest BCUT2D eigenvalue weighted by Crippen LogP contribution is 2.18. The van der Waals surface area contributed by atoms with Gasteiger partial charge in [0.1, 0.15) is 11.1 Å². The Bertz CT molecular complexity index is 859. The zero-order valence-corrected chi connectivity index (χ0v) is 13.4. The van der Waals surface area contributed by atoms with E-state index in [9.17, 15) is 9.90 Å². The highest BCUT2D eigenvalue weighted by Gasteiger charge is 2.25. The van der Waals surface area contributed by atoms with Crippen LogP contribution in [0.15, 0.2) is 47.2 Å². The maximum atomic E-state index is 11.9. The summed E-state index contributed by atoms with van der Waals surface area (Å²) in [6.45, 7) is 1.68. The van der Waals surface area contributed by atoms with Crippen LogP contribution in [0.4, 0.5) is 0 Å². The van der Waals surface area contributed by atoms with E-state index in [0.29, 0.717) is 17.0 Å². The van der Waals surface area contributed by atoms with Gasteiger partial charge in [0.05, 0.1) is 12.7 Å². The van der Waals surface area contributed by atoms with Gasteiger partial charge in [0, 0.05) is 31.0 Å². The van der Waals surface area contributed by atoms with Crippen molar-refractivity contribution >= 4 is 23.1 Å². The lowest BCUT2D eigenvalue weighted by Crippen LogP contribution is -2.37. The number of carbonyl (C=O) groups excluding carboxylic acids is 1. The summed E-state index contributed by atoms with van der Waals surface area (Å²) in [5.74, 6) is 0.00629. The van der Waals surface area contributed by atoms with Crippen molar-refractivity contribution in [3.8, 4) is 0 Å². The maximum Gasteiger partial charge on any atom is 0.244 e. The highest BCUT2D eigenvalue weighted by atomic mass is 16.3. The Morgan fingerprint density at radius 1 is 1.46 bits per heavy atom. The van der Waals surface area contributed by atoms with Gasteiger partial charge in [-0.25, -0.2) is 4.98 Å². The molecule has 1 aromatic carbocycles. The van der Waals surface area contributed by atoms with Gasteiger partial charge in [0.2, 0.25) is 11.8 Å². The van der Waals surface area contributed by atoms with E-state index in [-0.39, 0.29) is 12.5 Å². The van der Waals surface area contributed by atoms with Gasteiger partial charge in [0.25, 0.3) is 0 Å². The molecule has 2 heterocycles. The summed E-state index contributed by atoms with van der Waals surface area (Å²) < 4.78 is 7.09. The molecule has 24 heavy (non-hydrogen) atoms. The van der Waals surface area contributed by atoms with Gasteiger partial charge in [0.15, 0.2) is 5.58 Å². The van der Waals surface area contributed by atoms with E-state index in [2.05, 4.69) is 15.4 Å². The molecule has 3 aromatic rings. The number of nitrogens with one attached hydrogen (secondary N) is 1. The lowest BCUT2D eigenvalue weighted by atomic mass is 10.00. The molecule has 0 bridgehead atoms. The lowest BCUT2D eigenvalue weighted by molar-refractivity contribution is -0.117. The average molecular weight is 326 g/mol. The van der Waals surface area contributed by atoms with Crippen LogP contribution in [0, 0.1) is 0 Å². The molecule has 0 spiro atoms. The fraction of sp³-hybridized carbons (Fsp3) is 0.235. The Balaban J connectivity index is 1.60. The first kappa shape index (κ1) is 15.9. The molecule has 0 aliphatic heterocycles. The normalized spacial score (nSPS) is 14.1. The second kappa shape index (κ2) is 6.29. The number of hydrogen-bond acceptors (Lipinski definition) is 5. The van der Waals surface area contributed by atoms with Gasteiger partial charge in [-0.05, 0) is 19.1 Å². The summed E-state index contributed by atoms with van der Waals surface area (Å²) in [4.78, 5) is 16.2. The quantitative estimate of drug-likeness (QED) is 0.695. The molecule has 0 saturated heterocycles. The Morgan fingerprint density at radius 3 is 2.96 bits per heavy atom. The minimum absolute atomic E-state index is 0.0649. The number of aliphatic hydroxyl groups is 1. The molecule has 0 radical (unpaired) electrons. The molecule has 3 rings (SSSR count). The van der Waals surface area contributed by atoms with Crippen LogP contribution >= 0.6 is 0 Å². The van der Waals surface area contributed by atoms with Crippen molar-refractivity contribution in [2.45, 2.75) is 12.5 Å². The Labute approximate surface area is 138 Å². The number of para-hydroxylation sites is 2. The first-order valence-electron chi connectivity index (χ1n) is 7.47. The molecule has 0 unspecified atom stereocenters. The number of aryl methyl sites for hydroxylation is 1. The fourth-order valence-corrected chi connectivity index (χ4v) is 2.23. The maximum absolute atomic E-state index is 11.9. The van der Waals surface area contributed by atoms with Crippen molar-refractivity contribution in [2.24, 2.45) is 7.05 Å². The van der Waals surface area contributed by atoms with Crippen LogP contribution < -0.4 is 5.32 Å². The first-order chi connectivity index (χ1) is 11.4. The highest BCUT2D eigenvalue weighted by molar-refractivity contribution is 5.91. The SMILES string of the molecule is Cn1cc([C@](C)(O)CNC(=O)/C=C/c2nc3ccccc3o2)cn1. The zero-order chi connectivity index (χ0) is 17.2. The molecular formula is C17H18N4O3. The predicted octanol–water partition coefficient (Wildman–Crippen LogP) is 1.60. The summed E-state index contributed by atoms with van der Waals surface area (Å²) in [6.07, 6.45) is 6.10. The van der Waals surface area contributed by atoms with E-state index in [1.807, 2.05) is 24.3 Å². The number of aromatic nitrogens is 3. The van der Waals surface area contributed by atoms with Crippen molar-refractivity contribution in [1.82, 2.24) is 20.1 Å². The van der Waals surface area contributed by atoms with E-state index >= 15 is 0 Å². The molecule has 0 aliphatic rings. The largest absolute Gasteiger partial charge is 0.437 e. The third-order valence-electron chi connectivity index (χ3n) is 3.62. The van der Waals surface area contributed by atoms with Crippen molar-refractivity contribution in [3.63, 3.8) is 0 Å². The van der Waals surface area contributed by atoms with Crippen molar-refractivity contribution in [1.29, 1.82) is 0 Å². The minimum Gasteiger partial charge on any atom is -0.437 e. The third-order valence-corrected chi connectivity index (χ3v) is 3.62. The standard InChI is InChI=1S/C17H18N4O3/c1-17(23,12-9-19-21(2)10-12)11-18-15(22)7-8-16-20-13-5-3-4-6-14(13)24-16/h3-10,23H,11H2,1-2H3,(H,18,22)/b8-7+/t17-/m1/s1. The molecule has 0 aliphatic carbocycles. The number of nitrogens with zero attached hydrogens (tertiary/aromatic N) is 3. The smallest absolute Gasteiger partial charge is 0.244 e. The topological polar surface area (TPSA) is 93.2 Å². The molecule has 124 valence electrons. The minimum atomic E-state index is -1.20. The van der Waals surface area contributed by atoms with Gasteiger partial charge in [-0.2, -0.15) is 5.10 Å². The number of hydrogen-bond donors (Lipinski definition) is 2. The van der Waals surface area contributed by atoms with Crippen molar-refractivity contribution in [2.75, 3.05) is 6.54 Å². The Morgan fingerprint density at radius 2 is 2.25 bits per heavy atom. The molecule has 1 amide bonds. The van der Waals surface area contributed by atoms with E-state index in [1.165, 1.54) is 12.2 Å². The summed E-state index contributed by atoms with van der Waals surface area (Å²) >= 11 is 0. The first-order valence-corrected chi connectivity index (χ1v) is 7.47. The molecule has 0 fully saturated rings. The van der Waals surface area contributed by atoms with Crippen LogP contribution in [0.5, 0.6) is 0 Å². The predicted molar refractivity (Wildman–Crippen MR) is 88.8 cm³/mol. The Hall–Kier alpha value is -2.93. The van der Waals surface area contributed by atoms with Crippen molar-refractivity contribution in [3.05, 3.63) is 54.2 Å². The average Bonchev–Trinajstić information content (AvgIpc) is 3.17. The summed E-state index contributed by atoms with van der Waals surface area (Å²) in [5, 5.41) is 17.1. The number of carbonyl (C=O) groups is 1. The second-order valence-corrected chi connectivity index (χ2v) is 5.75. The number of rotatable bonds is 5. The monoisotopic (exact) mass is 326 g/mol. The van der Waals surface area contributed by atoms with Crippen LogP contribution in [0.2, 0.25) is 0 Å². The van der Waals surface area contributed by atoms with Crippen LogP contribution in [0.25, 0.3) is 17.2 Å². The number of oxazole rings is 1. The molecular weight excluding hydrogens is 308 g/mol. The second-order valence-electron chi connectivity index (χ2n) is 5.75. The van der Waals surface area contributed by atoms with E-state index in [1.54, 1.807) is 31.0 Å². The third kappa shape index (κ3) is 3.52. The molecule has 7 nitrogen and oxygen atoms in total. The number of amides is 1. The molecule has 0 saturated carbocycles. The van der Waals surface area contributed by atoms with Crippen LogP contribution in [-0.2, 0) is 17.4 Å². The fourth-order valence-electron chi connectivity index (χ4n) is 2.23. The van der Waals surface area contributed by atoms with Crippen LogP contribution in [-0.4, -0.2) is 32.3 Å². The van der Waals surface area contributed by atoms with Crippen LogP contribution in [0.3, 0.4) is 0 Å². The number of fused-ring (bicyclic) bond motifs is 1. The van der Waals surface area contributed by atoms with Gasteiger partial charge >= 0.3 is 0 Å². The van der Waals surface area contributed by atoms with E-state index in [0.717, 1.165) is 5.52 Å². The molecule has 7 heteroatoms. The molecule has 1 atom stereocenters. The van der Waals surface area contributed by atoms with E-state index in [4.69, 9.17) is 4.42 Å². The zero-order valence-electron chi connectivity index (χ0n) is 13.4.